The molecule has 2 nitrogen and oxygen atoms in total. The van der Waals surface area contributed by atoms with Crippen molar-refractivity contribution in [2.24, 2.45) is 5.73 Å². The van der Waals surface area contributed by atoms with Gasteiger partial charge in [-0.2, -0.15) is 0 Å². The molecular weight excluding hydrogens is 182 g/mol. The van der Waals surface area contributed by atoms with E-state index >= 15 is 0 Å². The quantitative estimate of drug-likeness (QED) is 0.725. The van der Waals surface area contributed by atoms with Crippen LogP contribution in [0.4, 0.5) is 0 Å². The third-order valence-electron chi connectivity index (χ3n) is 2.03. The Bertz CT molecular complexity index is 288. The minimum absolute atomic E-state index is 0.276. The maximum Gasteiger partial charge on any atom is 0.0912 e. The molecule has 72 valence electrons. The summed E-state index contributed by atoms with van der Waals surface area (Å²) in [6, 6.07) is 5.94. The van der Waals surface area contributed by atoms with Crippen molar-refractivity contribution in [1.82, 2.24) is 0 Å². The van der Waals surface area contributed by atoms with E-state index in [-0.39, 0.29) is 6.54 Å². The number of thioether (sulfide) groups is 1. The molecule has 0 saturated heterocycles. The van der Waals surface area contributed by atoms with Gasteiger partial charge >= 0.3 is 0 Å². The summed E-state index contributed by atoms with van der Waals surface area (Å²) in [7, 11) is 0. The minimum Gasteiger partial charge on any atom is -0.387 e. The molecule has 0 amide bonds. The zero-order valence-electron chi connectivity index (χ0n) is 7.95. The summed E-state index contributed by atoms with van der Waals surface area (Å²) in [6.45, 7) is 2.32. The van der Waals surface area contributed by atoms with E-state index in [1.165, 1.54) is 10.5 Å². The van der Waals surface area contributed by atoms with Crippen LogP contribution in [0.3, 0.4) is 0 Å². The molecule has 1 rings (SSSR count). The summed E-state index contributed by atoms with van der Waals surface area (Å²) >= 11 is 1.71. The molecule has 0 fully saturated rings. The van der Waals surface area contributed by atoms with Crippen molar-refractivity contribution < 1.29 is 5.11 Å². The molecule has 13 heavy (non-hydrogen) atoms. The Hall–Kier alpha value is -0.510. The normalized spacial score (nSPS) is 12.9. The van der Waals surface area contributed by atoms with Gasteiger partial charge in [-0.3, -0.25) is 0 Å². The molecule has 1 aromatic carbocycles. The number of nitrogens with two attached hydrogens (primary N) is 1. The number of benzene rings is 1. The minimum atomic E-state index is -0.533. The van der Waals surface area contributed by atoms with E-state index in [2.05, 4.69) is 0 Å². The van der Waals surface area contributed by atoms with Gasteiger partial charge in [0.1, 0.15) is 0 Å². The largest absolute Gasteiger partial charge is 0.387 e. The van der Waals surface area contributed by atoms with Gasteiger partial charge in [-0.25, -0.2) is 0 Å². The lowest BCUT2D eigenvalue weighted by Gasteiger charge is -2.10. The average molecular weight is 197 g/mol. The third-order valence-corrected chi connectivity index (χ3v) is 2.92. The molecule has 0 aliphatic rings. The standard InChI is InChI=1S/C10H15NOS/c1-7-5-8(9(12)6-11)3-4-10(7)13-2/h3-5,9,12H,6,11H2,1-2H3. The molecule has 1 aromatic rings. The lowest BCUT2D eigenvalue weighted by atomic mass is 10.1. The number of aliphatic hydroxyl groups excluding tert-OH is 1. The number of hydrogen-bond donors (Lipinski definition) is 2. The first kappa shape index (κ1) is 10.6. The zero-order chi connectivity index (χ0) is 9.84. The van der Waals surface area contributed by atoms with Gasteiger partial charge in [-0.15, -0.1) is 11.8 Å². The molecule has 1 atom stereocenters. The van der Waals surface area contributed by atoms with E-state index in [9.17, 15) is 5.11 Å². The van der Waals surface area contributed by atoms with E-state index in [4.69, 9.17) is 5.73 Å². The highest BCUT2D eigenvalue weighted by atomic mass is 32.2. The van der Waals surface area contributed by atoms with E-state index in [0.717, 1.165) is 5.56 Å². The maximum absolute atomic E-state index is 9.49. The summed E-state index contributed by atoms with van der Waals surface area (Å²) in [5.41, 5.74) is 7.46. The van der Waals surface area contributed by atoms with Crippen LogP contribution in [0.5, 0.6) is 0 Å². The van der Waals surface area contributed by atoms with Crippen molar-refractivity contribution in [2.45, 2.75) is 17.9 Å². The molecule has 1 unspecified atom stereocenters. The summed E-state index contributed by atoms with van der Waals surface area (Å²) < 4.78 is 0. The van der Waals surface area contributed by atoms with Crippen molar-refractivity contribution in [2.75, 3.05) is 12.8 Å². The molecule has 0 saturated carbocycles. The second kappa shape index (κ2) is 4.65. The fourth-order valence-electron chi connectivity index (χ4n) is 1.24. The highest BCUT2D eigenvalue weighted by Gasteiger charge is 2.06. The maximum atomic E-state index is 9.49. The molecule has 0 bridgehead atoms. The highest BCUT2D eigenvalue weighted by Crippen LogP contribution is 2.23. The van der Waals surface area contributed by atoms with Crippen molar-refractivity contribution in [3.63, 3.8) is 0 Å². The van der Waals surface area contributed by atoms with Crippen LogP contribution in [0.2, 0.25) is 0 Å². The first-order valence-corrected chi connectivity index (χ1v) is 5.44. The number of aryl methyl sites for hydroxylation is 1. The van der Waals surface area contributed by atoms with Crippen molar-refractivity contribution in [3.05, 3.63) is 29.3 Å². The predicted molar refractivity (Wildman–Crippen MR) is 57.0 cm³/mol. The van der Waals surface area contributed by atoms with E-state index in [1.54, 1.807) is 11.8 Å². The Morgan fingerprint density at radius 3 is 2.69 bits per heavy atom. The van der Waals surface area contributed by atoms with E-state index in [1.807, 2.05) is 31.4 Å². The van der Waals surface area contributed by atoms with Crippen molar-refractivity contribution in [1.29, 1.82) is 0 Å². The lowest BCUT2D eigenvalue weighted by Crippen LogP contribution is -2.11. The van der Waals surface area contributed by atoms with Crippen LogP contribution in [0.25, 0.3) is 0 Å². The Morgan fingerprint density at radius 1 is 1.54 bits per heavy atom. The Labute approximate surface area is 83.1 Å². The van der Waals surface area contributed by atoms with Crippen LogP contribution in [0.15, 0.2) is 23.1 Å². The summed E-state index contributed by atoms with van der Waals surface area (Å²) in [6.07, 6.45) is 1.51. The first-order chi connectivity index (χ1) is 6.19. The topological polar surface area (TPSA) is 46.2 Å². The summed E-state index contributed by atoms with van der Waals surface area (Å²) in [5, 5.41) is 9.49. The molecule has 0 aliphatic heterocycles. The van der Waals surface area contributed by atoms with Gasteiger partial charge in [0.15, 0.2) is 0 Å². The number of hydrogen-bond acceptors (Lipinski definition) is 3. The van der Waals surface area contributed by atoms with Crippen LogP contribution >= 0.6 is 11.8 Å². The SMILES string of the molecule is CSc1ccc(C(O)CN)cc1C. The molecule has 3 heteroatoms. The van der Waals surface area contributed by atoms with Gasteiger partial charge in [-0.1, -0.05) is 12.1 Å². The number of aliphatic hydroxyl groups is 1. The molecule has 0 radical (unpaired) electrons. The smallest absolute Gasteiger partial charge is 0.0912 e. The van der Waals surface area contributed by atoms with Gasteiger partial charge in [0.2, 0.25) is 0 Å². The second-order valence-corrected chi connectivity index (χ2v) is 3.83. The molecule has 0 heterocycles. The fraction of sp³-hybridized carbons (Fsp3) is 0.400. The molecule has 0 spiro atoms. The summed E-state index contributed by atoms with van der Waals surface area (Å²) in [4.78, 5) is 1.24. The molecule has 0 aromatic heterocycles. The van der Waals surface area contributed by atoms with Gasteiger partial charge in [-0.05, 0) is 30.4 Å². The second-order valence-electron chi connectivity index (χ2n) is 2.98. The van der Waals surface area contributed by atoms with Crippen molar-refractivity contribution >= 4 is 11.8 Å². The van der Waals surface area contributed by atoms with E-state index < -0.39 is 6.10 Å². The molecular formula is C10H15NOS. The van der Waals surface area contributed by atoms with Gasteiger partial charge in [0.05, 0.1) is 6.10 Å². The van der Waals surface area contributed by atoms with Gasteiger partial charge in [0, 0.05) is 11.4 Å². The Balaban J connectivity index is 2.95. The third kappa shape index (κ3) is 2.46. The molecule has 0 aliphatic carbocycles. The highest BCUT2D eigenvalue weighted by molar-refractivity contribution is 7.98. The predicted octanol–water partition coefficient (Wildman–Crippen LogP) is 1.71. The van der Waals surface area contributed by atoms with Gasteiger partial charge in [0.25, 0.3) is 0 Å². The Morgan fingerprint density at radius 2 is 2.23 bits per heavy atom. The summed E-state index contributed by atoms with van der Waals surface area (Å²) in [5.74, 6) is 0. The zero-order valence-corrected chi connectivity index (χ0v) is 8.77. The van der Waals surface area contributed by atoms with Crippen LogP contribution < -0.4 is 5.73 Å². The van der Waals surface area contributed by atoms with Gasteiger partial charge < -0.3 is 10.8 Å². The van der Waals surface area contributed by atoms with Crippen LogP contribution in [-0.4, -0.2) is 17.9 Å². The Kier molecular flexibility index (Phi) is 3.78. The van der Waals surface area contributed by atoms with Crippen molar-refractivity contribution in [3.8, 4) is 0 Å². The van der Waals surface area contributed by atoms with Crippen LogP contribution in [-0.2, 0) is 0 Å². The lowest BCUT2D eigenvalue weighted by molar-refractivity contribution is 0.186. The first-order valence-electron chi connectivity index (χ1n) is 4.21. The monoisotopic (exact) mass is 197 g/mol. The van der Waals surface area contributed by atoms with Crippen LogP contribution in [0, 0.1) is 6.92 Å². The van der Waals surface area contributed by atoms with Crippen LogP contribution in [0.1, 0.15) is 17.2 Å². The number of rotatable bonds is 3. The van der Waals surface area contributed by atoms with E-state index in [0.29, 0.717) is 0 Å². The average Bonchev–Trinajstić information content (AvgIpc) is 2.16. The fourth-order valence-corrected chi connectivity index (χ4v) is 1.83. The molecule has 3 N–H and O–H groups in total.